The molecule has 0 radical (unpaired) electrons. The zero-order chi connectivity index (χ0) is 31.6. The molecule has 0 atom stereocenters. The van der Waals surface area contributed by atoms with Gasteiger partial charge < -0.3 is 14.3 Å². The van der Waals surface area contributed by atoms with Crippen molar-refractivity contribution >= 4 is 55.7 Å². The molecule has 0 saturated carbocycles. The molecule has 1 aliphatic heterocycles. The number of benzene rings is 3. The second-order valence-corrected chi connectivity index (χ2v) is 11.8. The van der Waals surface area contributed by atoms with Crippen LogP contribution in [0.2, 0.25) is 0 Å². The van der Waals surface area contributed by atoms with Crippen molar-refractivity contribution in [3.8, 4) is 5.75 Å². The molecule has 13 heteroatoms. The number of hydroxylamine groups is 2. The second-order valence-electron chi connectivity index (χ2n) is 10.3. The van der Waals surface area contributed by atoms with Crippen LogP contribution in [0.3, 0.4) is 0 Å². The minimum Gasteiger partial charge on any atom is -0.422 e. The molecular weight excluding hydrogens is 592 g/mol. The van der Waals surface area contributed by atoms with Gasteiger partial charge in [-0.05, 0) is 36.8 Å². The largest absolute Gasteiger partial charge is 0.422 e. The highest BCUT2D eigenvalue weighted by molar-refractivity contribution is 7.85. The lowest BCUT2D eigenvalue weighted by atomic mass is 10.0. The van der Waals surface area contributed by atoms with E-state index in [2.05, 4.69) is 0 Å². The maximum atomic E-state index is 14.0. The number of pyridine rings is 1. The van der Waals surface area contributed by atoms with E-state index in [1.54, 1.807) is 43.3 Å². The van der Waals surface area contributed by atoms with Gasteiger partial charge in [-0.15, -0.1) is 5.06 Å². The summed E-state index contributed by atoms with van der Waals surface area (Å²) in [7, 11) is -2.71. The summed E-state index contributed by atoms with van der Waals surface area (Å²) in [5, 5.41) is 1.59. The van der Waals surface area contributed by atoms with Crippen LogP contribution in [0.1, 0.15) is 51.1 Å². The normalized spacial score (nSPS) is 13.6. The molecular formula is C31H29N2O10S+. The number of carbonyl (C=O) groups is 4. The number of aryl methyl sites for hydroxylation is 2. The third kappa shape index (κ3) is 6.30. The van der Waals surface area contributed by atoms with E-state index < -0.39 is 39.6 Å². The third-order valence-electron chi connectivity index (χ3n) is 7.18. The fourth-order valence-corrected chi connectivity index (χ4v) is 5.79. The Morgan fingerprint density at radius 1 is 0.932 bits per heavy atom. The Hall–Kier alpha value is -4.72. The number of aromatic nitrogens is 1. The molecule has 1 saturated heterocycles. The predicted octanol–water partition coefficient (Wildman–Crippen LogP) is 3.45. The van der Waals surface area contributed by atoms with Crippen molar-refractivity contribution in [2.45, 2.75) is 39.3 Å². The van der Waals surface area contributed by atoms with Gasteiger partial charge in [0.2, 0.25) is 11.0 Å². The van der Waals surface area contributed by atoms with Crippen LogP contribution in [0.25, 0.3) is 21.8 Å². The molecule has 1 N–H and O–H groups in total. The van der Waals surface area contributed by atoms with Gasteiger partial charge in [0.25, 0.3) is 21.9 Å². The minimum absolute atomic E-state index is 0.0309. The number of para-hydroxylation sites is 2. The number of esters is 1. The number of carbonyl (C=O) groups excluding carboxylic acids is 4. The summed E-state index contributed by atoms with van der Waals surface area (Å²) in [6.45, 7) is 1.87. The van der Waals surface area contributed by atoms with E-state index >= 15 is 0 Å². The smallest absolute Gasteiger partial charge is 0.363 e. The van der Waals surface area contributed by atoms with Crippen molar-refractivity contribution in [1.82, 2.24) is 5.06 Å². The summed E-state index contributed by atoms with van der Waals surface area (Å²) in [6, 6.07) is 17.1. The summed E-state index contributed by atoms with van der Waals surface area (Å²) in [5.74, 6) is -3.06. The van der Waals surface area contributed by atoms with Gasteiger partial charge >= 0.3 is 11.9 Å². The summed E-state index contributed by atoms with van der Waals surface area (Å²) in [4.78, 5) is 55.7. The number of fused-ring (bicyclic) bond motifs is 2. The highest BCUT2D eigenvalue weighted by Crippen LogP contribution is 2.31. The zero-order valence-electron chi connectivity index (χ0n) is 23.9. The quantitative estimate of drug-likeness (QED) is 0.0695. The first-order valence-corrected chi connectivity index (χ1v) is 15.3. The van der Waals surface area contributed by atoms with E-state index in [1.165, 1.54) is 19.2 Å². The van der Waals surface area contributed by atoms with Crippen LogP contribution in [0.15, 0.2) is 60.7 Å². The van der Waals surface area contributed by atoms with Crippen molar-refractivity contribution in [2.75, 3.05) is 12.9 Å². The summed E-state index contributed by atoms with van der Waals surface area (Å²) >= 11 is 0. The molecule has 1 fully saturated rings. The van der Waals surface area contributed by atoms with Gasteiger partial charge in [0, 0.05) is 44.1 Å². The van der Waals surface area contributed by atoms with Gasteiger partial charge in [0.05, 0.1) is 34.3 Å². The second kappa shape index (κ2) is 12.5. The van der Waals surface area contributed by atoms with Crippen LogP contribution in [0.4, 0.5) is 0 Å². The Labute approximate surface area is 252 Å². The first kappa shape index (κ1) is 30.7. The van der Waals surface area contributed by atoms with Crippen LogP contribution in [0, 0.1) is 6.92 Å². The average Bonchev–Trinajstić information content (AvgIpc) is 3.29. The Bertz CT molecular complexity index is 1860. The van der Waals surface area contributed by atoms with Crippen LogP contribution in [0.5, 0.6) is 5.75 Å². The maximum absolute atomic E-state index is 14.0. The SMILES string of the molecule is COCc1cc(C(=O)ON2C(=O)CCC2=O)cc(C)c1OC(=O)c1c2ccccc2[n+](CCCS(=O)(=O)O)c2ccccc12. The van der Waals surface area contributed by atoms with E-state index in [9.17, 15) is 32.1 Å². The number of rotatable bonds is 10. The molecule has 3 aromatic carbocycles. The Morgan fingerprint density at radius 2 is 1.52 bits per heavy atom. The van der Waals surface area contributed by atoms with Gasteiger partial charge in [-0.2, -0.15) is 13.0 Å². The molecule has 1 aliphatic rings. The van der Waals surface area contributed by atoms with Gasteiger partial charge in [0.1, 0.15) is 5.75 Å². The highest BCUT2D eigenvalue weighted by atomic mass is 32.2. The Morgan fingerprint density at radius 3 is 2.09 bits per heavy atom. The first-order chi connectivity index (χ1) is 21.0. The molecule has 5 rings (SSSR count). The highest BCUT2D eigenvalue weighted by Gasteiger charge is 2.34. The van der Waals surface area contributed by atoms with Crippen LogP contribution in [-0.2, 0) is 42.4 Å². The summed E-state index contributed by atoms with van der Waals surface area (Å²) < 4.78 is 45.1. The van der Waals surface area contributed by atoms with Crippen molar-refractivity contribution in [3.63, 3.8) is 0 Å². The summed E-state index contributed by atoms with van der Waals surface area (Å²) in [6.07, 6.45) is 0.0699. The molecule has 44 heavy (non-hydrogen) atoms. The predicted molar refractivity (Wildman–Crippen MR) is 156 cm³/mol. The third-order valence-corrected chi connectivity index (χ3v) is 7.98. The molecule has 1 aromatic heterocycles. The van der Waals surface area contributed by atoms with Crippen molar-refractivity contribution in [1.29, 1.82) is 0 Å². The Kier molecular flexibility index (Phi) is 8.72. The topological polar surface area (TPSA) is 157 Å². The molecule has 2 amide bonds. The van der Waals surface area contributed by atoms with Crippen LogP contribution in [-0.4, -0.2) is 54.6 Å². The molecule has 4 aromatic rings. The molecule has 0 bridgehead atoms. The van der Waals surface area contributed by atoms with Gasteiger partial charge in [-0.1, -0.05) is 24.3 Å². The maximum Gasteiger partial charge on any atom is 0.363 e. The number of methoxy groups -OCH3 is 1. The monoisotopic (exact) mass is 621 g/mol. The van der Waals surface area contributed by atoms with E-state index in [0.29, 0.717) is 38.0 Å². The van der Waals surface area contributed by atoms with Gasteiger partial charge in [-0.3, -0.25) is 14.1 Å². The lowest BCUT2D eigenvalue weighted by Gasteiger charge is -2.17. The number of amides is 2. The number of nitrogens with zero attached hydrogens (tertiary/aromatic N) is 2. The van der Waals surface area contributed by atoms with E-state index in [1.807, 2.05) is 16.7 Å². The lowest BCUT2D eigenvalue weighted by Crippen LogP contribution is -2.37. The Balaban J connectivity index is 1.53. The van der Waals surface area contributed by atoms with Crippen molar-refractivity contribution in [2.24, 2.45) is 0 Å². The lowest BCUT2D eigenvalue weighted by molar-refractivity contribution is -0.645. The molecule has 0 unspecified atom stereocenters. The fraction of sp³-hybridized carbons (Fsp3) is 0.258. The number of ether oxygens (including phenoxy) is 2. The minimum atomic E-state index is -4.15. The first-order valence-electron chi connectivity index (χ1n) is 13.7. The zero-order valence-corrected chi connectivity index (χ0v) is 24.8. The van der Waals surface area contributed by atoms with E-state index in [-0.39, 0.29) is 49.3 Å². The van der Waals surface area contributed by atoms with Crippen molar-refractivity contribution in [3.05, 3.63) is 82.9 Å². The van der Waals surface area contributed by atoms with Gasteiger partial charge in [0.15, 0.2) is 6.54 Å². The number of hydrogen-bond acceptors (Lipinski definition) is 9. The molecule has 12 nitrogen and oxygen atoms in total. The van der Waals surface area contributed by atoms with Gasteiger partial charge in [-0.25, -0.2) is 9.59 Å². The fourth-order valence-electron chi connectivity index (χ4n) is 5.29. The summed E-state index contributed by atoms with van der Waals surface area (Å²) in [5.41, 5.74) is 2.39. The van der Waals surface area contributed by atoms with E-state index in [4.69, 9.17) is 14.3 Å². The molecule has 0 aliphatic carbocycles. The number of hydrogen-bond donors (Lipinski definition) is 1. The average molecular weight is 622 g/mol. The molecule has 2 heterocycles. The van der Waals surface area contributed by atoms with Crippen LogP contribution >= 0.6 is 0 Å². The molecule has 228 valence electrons. The number of imide groups is 1. The van der Waals surface area contributed by atoms with E-state index in [0.717, 1.165) is 0 Å². The van der Waals surface area contributed by atoms with Crippen LogP contribution < -0.4 is 9.30 Å². The standard InChI is InChI=1S/C31H28N2O10S/c1-19-16-20(30(36)43-33-26(34)12-13-27(33)35)17-21(18-41-2)29(19)42-31(37)28-22-8-3-5-10-24(22)32(14-7-15-44(38,39)40)25-11-6-4-9-23(25)28/h3-6,8-11,16-17H,7,12-15,18H2,1-2H3/p+1. The molecule has 0 spiro atoms. The van der Waals surface area contributed by atoms with Crippen molar-refractivity contribution < 1.29 is 51.0 Å².